The molecule has 0 saturated heterocycles. The second kappa shape index (κ2) is 12.2. The molecule has 0 bridgehead atoms. The molecule has 0 aliphatic heterocycles. The summed E-state index contributed by atoms with van der Waals surface area (Å²) in [6, 6.07) is 23.7. The Bertz CT molecular complexity index is 1120. The van der Waals surface area contributed by atoms with Crippen molar-refractivity contribution in [1.82, 2.24) is 5.32 Å². The molecule has 5 nitrogen and oxygen atoms in total. The van der Waals surface area contributed by atoms with Crippen LogP contribution >= 0.6 is 23.5 Å². The Morgan fingerprint density at radius 3 is 2.17 bits per heavy atom. The van der Waals surface area contributed by atoms with Crippen molar-refractivity contribution >= 4 is 35.6 Å². The first-order valence-electron chi connectivity index (χ1n) is 11.6. The van der Waals surface area contributed by atoms with Gasteiger partial charge in [0, 0.05) is 22.3 Å². The van der Waals surface area contributed by atoms with E-state index in [1.165, 1.54) is 10.5 Å². The summed E-state index contributed by atoms with van der Waals surface area (Å²) in [4.78, 5) is 25.4. The molecule has 35 heavy (non-hydrogen) atoms. The molecule has 182 valence electrons. The van der Waals surface area contributed by atoms with Crippen LogP contribution in [0.3, 0.4) is 0 Å². The molecule has 2 N–H and O–H groups in total. The molecule has 1 aliphatic rings. The first-order valence-corrected chi connectivity index (χ1v) is 13.8. The van der Waals surface area contributed by atoms with E-state index in [4.69, 9.17) is 4.74 Å². The monoisotopic (exact) mass is 507 g/mol. The number of aryl methyl sites for hydroxylation is 1. The van der Waals surface area contributed by atoms with E-state index >= 15 is 0 Å². The number of thioether (sulfide) groups is 2. The molecule has 0 aromatic heterocycles. The van der Waals surface area contributed by atoms with Gasteiger partial charge >= 0.3 is 12.1 Å². The molecule has 1 atom stereocenters. The summed E-state index contributed by atoms with van der Waals surface area (Å²) >= 11 is 3.48. The predicted molar refractivity (Wildman–Crippen MR) is 143 cm³/mol. The van der Waals surface area contributed by atoms with Gasteiger partial charge in [-0.3, -0.25) is 0 Å². The van der Waals surface area contributed by atoms with Gasteiger partial charge in [-0.25, -0.2) is 9.59 Å². The topological polar surface area (TPSA) is 75.6 Å². The van der Waals surface area contributed by atoms with Crippen LogP contribution in [0.2, 0.25) is 0 Å². The van der Waals surface area contributed by atoms with Crippen LogP contribution in [-0.2, 0) is 9.53 Å². The Kier molecular flexibility index (Phi) is 8.77. The van der Waals surface area contributed by atoms with Gasteiger partial charge in [0.15, 0.2) is 0 Å². The van der Waals surface area contributed by atoms with Gasteiger partial charge in [0.1, 0.15) is 12.6 Å². The van der Waals surface area contributed by atoms with E-state index in [-0.39, 0.29) is 12.5 Å². The number of aliphatic carboxylic acids is 1. The van der Waals surface area contributed by atoms with Gasteiger partial charge in [0.25, 0.3) is 0 Å². The van der Waals surface area contributed by atoms with Gasteiger partial charge in [-0.05, 0) is 53.5 Å². The molecule has 3 aromatic rings. The molecular formula is C28H29NO4S2. The number of ether oxygens (including phenoxy) is 1. The van der Waals surface area contributed by atoms with Crippen LogP contribution < -0.4 is 5.32 Å². The SMILES string of the molecule is Cc1ccc(SCCSCCC(NC(=O)OCC2c3ccccc3-c3ccccc32)C(=O)O)cc1. The minimum atomic E-state index is -1.05. The Morgan fingerprint density at radius 1 is 0.914 bits per heavy atom. The van der Waals surface area contributed by atoms with Crippen LogP contribution in [0.1, 0.15) is 29.0 Å². The lowest BCUT2D eigenvalue weighted by atomic mass is 9.98. The van der Waals surface area contributed by atoms with Crippen LogP contribution in [-0.4, -0.2) is 47.1 Å². The Balaban J connectivity index is 1.21. The zero-order chi connectivity index (χ0) is 24.6. The number of nitrogens with one attached hydrogen (secondary N) is 1. The maximum atomic E-state index is 12.4. The molecule has 1 unspecified atom stereocenters. The number of carboxylic acids is 1. The molecule has 0 saturated carbocycles. The highest BCUT2D eigenvalue weighted by Crippen LogP contribution is 2.44. The molecule has 1 amide bonds. The molecule has 7 heteroatoms. The number of carbonyl (C=O) groups is 2. The van der Waals surface area contributed by atoms with Crippen molar-refractivity contribution in [1.29, 1.82) is 0 Å². The molecule has 0 fully saturated rings. The summed E-state index contributed by atoms with van der Waals surface area (Å²) in [6.45, 7) is 2.23. The van der Waals surface area contributed by atoms with Crippen molar-refractivity contribution in [2.24, 2.45) is 0 Å². The quantitative estimate of drug-likeness (QED) is 0.238. The number of benzene rings is 3. The van der Waals surface area contributed by atoms with Crippen LogP contribution in [0.5, 0.6) is 0 Å². The highest BCUT2D eigenvalue weighted by atomic mass is 32.2. The summed E-state index contributed by atoms with van der Waals surface area (Å²) in [5.41, 5.74) is 5.79. The molecule has 0 heterocycles. The minimum absolute atomic E-state index is 0.0574. The Labute approximate surface area is 214 Å². The third-order valence-corrected chi connectivity index (χ3v) is 8.29. The van der Waals surface area contributed by atoms with Crippen LogP contribution in [0.25, 0.3) is 11.1 Å². The van der Waals surface area contributed by atoms with E-state index in [1.54, 1.807) is 23.5 Å². The Morgan fingerprint density at radius 2 is 1.54 bits per heavy atom. The summed E-state index contributed by atoms with van der Waals surface area (Å²) in [5, 5.41) is 12.1. The van der Waals surface area contributed by atoms with Crippen LogP contribution in [0, 0.1) is 6.92 Å². The lowest BCUT2D eigenvalue weighted by Gasteiger charge is -2.17. The van der Waals surface area contributed by atoms with Gasteiger partial charge in [-0.2, -0.15) is 11.8 Å². The van der Waals surface area contributed by atoms with Crippen molar-refractivity contribution in [2.75, 3.05) is 23.9 Å². The number of hydrogen-bond donors (Lipinski definition) is 2. The molecular weight excluding hydrogens is 478 g/mol. The van der Waals surface area contributed by atoms with Crippen molar-refractivity contribution in [3.8, 4) is 11.1 Å². The second-order valence-corrected chi connectivity index (χ2v) is 10.8. The van der Waals surface area contributed by atoms with Gasteiger partial charge in [-0.1, -0.05) is 66.2 Å². The fraction of sp³-hybridized carbons (Fsp3) is 0.286. The third kappa shape index (κ3) is 6.61. The Hall–Kier alpha value is -2.90. The summed E-state index contributed by atoms with van der Waals surface area (Å²) in [6.07, 6.45) is -0.349. The normalized spacial score (nSPS) is 13.1. The van der Waals surface area contributed by atoms with Crippen molar-refractivity contribution in [3.63, 3.8) is 0 Å². The largest absolute Gasteiger partial charge is 0.480 e. The van der Waals surface area contributed by atoms with Crippen molar-refractivity contribution < 1.29 is 19.4 Å². The average Bonchev–Trinajstić information content (AvgIpc) is 3.19. The number of carboxylic acid groups (broad SMARTS) is 1. The third-order valence-electron chi connectivity index (χ3n) is 6.00. The molecule has 3 aromatic carbocycles. The first-order chi connectivity index (χ1) is 17.0. The van der Waals surface area contributed by atoms with Crippen LogP contribution in [0.15, 0.2) is 77.7 Å². The summed E-state index contributed by atoms with van der Waals surface area (Å²) in [7, 11) is 0. The van der Waals surface area contributed by atoms with Gasteiger partial charge < -0.3 is 15.2 Å². The number of fused-ring (bicyclic) bond motifs is 3. The van der Waals surface area contributed by atoms with Crippen molar-refractivity contribution in [3.05, 3.63) is 89.5 Å². The zero-order valence-corrected chi connectivity index (χ0v) is 21.2. The predicted octanol–water partition coefficient (Wildman–Crippen LogP) is 6.20. The number of rotatable bonds is 11. The van der Waals surface area contributed by atoms with E-state index in [9.17, 15) is 14.7 Å². The van der Waals surface area contributed by atoms with Gasteiger partial charge in [0.05, 0.1) is 0 Å². The zero-order valence-electron chi connectivity index (χ0n) is 19.6. The molecule has 0 spiro atoms. The van der Waals surface area contributed by atoms with Crippen molar-refractivity contribution in [2.45, 2.75) is 30.2 Å². The first kappa shape index (κ1) is 25.2. The molecule has 1 aliphatic carbocycles. The smallest absolute Gasteiger partial charge is 0.407 e. The summed E-state index contributed by atoms with van der Waals surface area (Å²) in [5.74, 6) is 1.40. The van der Waals surface area contributed by atoms with Gasteiger partial charge in [0.2, 0.25) is 0 Å². The highest BCUT2D eigenvalue weighted by Gasteiger charge is 2.29. The highest BCUT2D eigenvalue weighted by molar-refractivity contribution is 8.02. The van der Waals surface area contributed by atoms with E-state index in [1.807, 2.05) is 24.3 Å². The standard InChI is InChI=1S/C28H29NO4S2/c1-19-10-12-20(13-11-19)35-17-16-34-15-14-26(27(30)31)29-28(32)33-18-25-23-8-4-2-6-21(23)22-7-3-5-9-24(22)25/h2-13,25-26H,14-18H2,1H3,(H,29,32)(H,30,31). The lowest BCUT2D eigenvalue weighted by Crippen LogP contribution is -2.41. The molecule has 0 radical (unpaired) electrons. The fourth-order valence-electron chi connectivity index (χ4n) is 4.20. The minimum Gasteiger partial charge on any atom is -0.480 e. The maximum Gasteiger partial charge on any atom is 0.407 e. The van der Waals surface area contributed by atoms with E-state index < -0.39 is 18.1 Å². The second-order valence-electron chi connectivity index (χ2n) is 8.42. The average molecular weight is 508 g/mol. The van der Waals surface area contributed by atoms with E-state index in [0.717, 1.165) is 33.8 Å². The fourth-order valence-corrected chi connectivity index (χ4v) is 6.17. The number of hydrogen-bond acceptors (Lipinski definition) is 5. The van der Waals surface area contributed by atoms with E-state index in [2.05, 4.69) is 60.8 Å². The number of amides is 1. The maximum absolute atomic E-state index is 12.4. The summed E-state index contributed by atoms with van der Waals surface area (Å²) < 4.78 is 5.50. The van der Waals surface area contributed by atoms with Crippen LogP contribution in [0.4, 0.5) is 4.79 Å². The number of alkyl carbamates (subject to hydrolysis) is 1. The molecule has 4 rings (SSSR count). The number of carbonyl (C=O) groups excluding carboxylic acids is 1. The van der Waals surface area contributed by atoms with Gasteiger partial charge in [-0.15, -0.1) is 11.8 Å². The van der Waals surface area contributed by atoms with E-state index in [0.29, 0.717) is 12.2 Å². The lowest BCUT2D eigenvalue weighted by molar-refractivity contribution is -0.139.